The van der Waals surface area contributed by atoms with Gasteiger partial charge in [-0.3, -0.25) is 0 Å². The Bertz CT molecular complexity index is 2760. The van der Waals surface area contributed by atoms with Crippen LogP contribution in [0.15, 0.2) is 146 Å². The Morgan fingerprint density at radius 3 is 1.84 bits per heavy atom. The topological polar surface area (TPSA) is 9.72 Å². The van der Waals surface area contributed by atoms with Gasteiger partial charge in [-0.1, -0.05) is 129 Å². The summed E-state index contributed by atoms with van der Waals surface area (Å²) in [6.07, 6.45) is 4.82. The van der Waals surface area contributed by atoms with E-state index in [-0.39, 0.29) is 17.7 Å². The first-order valence-corrected chi connectivity index (χ1v) is 21.3. The minimum absolute atomic E-state index is 0.0205. The molecule has 0 saturated heterocycles. The van der Waals surface area contributed by atoms with E-state index in [0.717, 1.165) is 6.42 Å². The molecule has 0 spiro atoms. The molecule has 7 aromatic rings. The van der Waals surface area contributed by atoms with E-state index in [9.17, 15) is 0 Å². The normalized spacial score (nSPS) is 19.7. The minimum Gasteiger partial charge on any atom is -0.335 e. The Hall–Kier alpha value is -6.00. The van der Waals surface area contributed by atoms with Gasteiger partial charge in [0.2, 0.25) is 0 Å². The molecule has 1 saturated carbocycles. The summed E-state index contributed by atoms with van der Waals surface area (Å²) < 4.78 is 0. The van der Waals surface area contributed by atoms with Crippen molar-refractivity contribution in [2.45, 2.75) is 78.2 Å². The number of aryl methyl sites for hydroxylation is 4. The highest BCUT2D eigenvalue weighted by atomic mass is 15.3. The average Bonchev–Trinajstić information content (AvgIpc) is 3.45. The van der Waals surface area contributed by atoms with Crippen LogP contribution >= 0.6 is 0 Å². The van der Waals surface area contributed by atoms with E-state index < -0.39 is 0 Å². The molecule has 2 atom stereocenters. The van der Waals surface area contributed by atoms with E-state index in [0.29, 0.717) is 0 Å². The maximum absolute atomic E-state index is 2.87. The van der Waals surface area contributed by atoms with Crippen LogP contribution in [-0.4, -0.2) is 12.3 Å². The van der Waals surface area contributed by atoms with Crippen LogP contribution in [0.5, 0.6) is 0 Å². The largest absolute Gasteiger partial charge is 0.335 e. The zero-order chi connectivity index (χ0) is 39.5. The molecule has 3 aliphatic heterocycles. The highest BCUT2D eigenvalue weighted by Crippen LogP contribution is 2.63. The van der Waals surface area contributed by atoms with Gasteiger partial charge in [0.05, 0.1) is 11.2 Å². The molecule has 4 heteroatoms. The quantitative estimate of drug-likeness (QED) is 0.162. The summed E-state index contributed by atoms with van der Waals surface area (Å²) in [7, 11) is 0. The van der Waals surface area contributed by atoms with E-state index >= 15 is 0 Å². The second-order valence-corrected chi connectivity index (χ2v) is 17.8. The zero-order valence-corrected chi connectivity index (χ0v) is 34.6. The second-order valence-electron chi connectivity index (χ2n) is 17.8. The number of para-hydroxylation sites is 4. The van der Waals surface area contributed by atoms with Crippen molar-refractivity contribution in [3.63, 3.8) is 0 Å². The van der Waals surface area contributed by atoms with Crippen LogP contribution < -0.4 is 31.1 Å². The van der Waals surface area contributed by atoms with Gasteiger partial charge in [-0.2, -0.15) is 0 Å². The summed E-state index contributed by atoms with van der Waals surface area (Å²) in [5.74, 6) is 0. The molecule has 4 aliphatic rings. The molecule has 3 heterocycles. The van der Waals surface area contributed by atoms with Crippen molar-refractivity contribution in [3.8, 4) is 11.1 Å². The van der Waals surface area contributed by atoms with Crippen molar-refractivity contribution in [3.05, 3.63) is 173 Å². The van der Waals surface area contributed by atoms with Crippen molar-refractivity contribution in [1.29, 1.82) is 0 Å². The third kappa shape index (κ3) is 4.75. The van der Waals surface area contributed by atoms with E-state index in [4.69, 9.17) is 0 Å². The monoisotopic (exact) mass is 751 g/mol. The van der Waals surface area contributed by atoms with Crippen molar-refractivity contribution in [1.82, 2.24) is 0 Å². The number of nitrogens with zero attached hydrogens (tertiary/aromatic N) is 3. The molecule has 0 bridgehead atoms. The Morgan fingerprint density at radius 1 is 0.517 bits per heavy atom. The highest BCUT2D eigenvalue weighted by Gasteiger charge is 2.61. The van der Waals surface area contributed by atoms with Crippen LogP contribution in [0.2, 0.25) is 0 Å². The summed E-state index contributed by atoms with van der Waals surface area (Å²) in [6.45, 7) is 14.3. The molecular formula is C54H50BN3. The fraction of sp³-hybridized carbons (Fsp3) is 0.222. The standard InChI is InChI=1S/C54H50BN3/c1-35-19-10-13-26-45(35)56(46-27-14-11-20-36(46)2)41-33-48-50-49(34-41)58-52-42(53(5)29-16-17-30-54(53,58)6)31-40(39-23-8-7-9-24-39)32-44(52)55(50)43-25-18-22-38(4)51(43)57(48)47-28-15-12-21-37(47)3/h7-15,18-28,31-34H,16-17,29-30H2,1-6H3. The van der Waals surface area contributed by atoms with E-state index in [2.05, 4.69) is 202 Å². The number of benzene rings is 7. The van der Waals surface area contributed by atoms with Crippen molar-refractivity contribution < 1.29 is 0 Å². The fourth-order valence-corrected chi connectivity index (χ4v) is 11.6. The lowest BCUT2D eigenvalue weighted by molar-refractivity contribution is 0.195. The van der Waals surface area contributed by atoms with Crippen molar-refractivity contribution in [2.24, 2.45) is 0 Å². The summed E-state index contributed by atoms with van der Waals surface area (Å²) in [6, 6.07) is 55.1. The van der Waals surface area contributed by atoms with Crippen LogP contribution in [-0.2, 0) is 5.41 Å². The number of rotatable bonds is 5. The van der Waals surface area contributed by atoms with Crippen LogP contribution in [0.25, 0.3) is 11.1 Å². The Kier molecular flexibility index (Phi) is 7.74. The molecule has 0 aromatic heterocycles. The lowest BCUT2D eigenvalue weighted by atomic mass is 9.33. The van der Waals surface area contributed by atoms with E-state index in [1.807, 2.05) is 0 Å². The SMILES string of the molecule is Cc1ccccc1N(c1cc2c3c(c1)N1c4c(cc(-c5ccccc5)cc4C4(C)CCCCC14C)B3c1cccc(C)c1N2c1ccccc1C)c1ccccc1C. The van der Waals surface area contributed by atoms with E-state index in [1.165, 1.54) is 120 Å². The molecular weight excluding hydrogens is 701 g/mol. The van der Waals surface area contributed by atoms with Gasteiger partial charge in [0.1, 0.15) is 0 Å². The van der Waals surface area contributed by atoms with Crippen molar-refractivity contribution in [2.75, 3.05) is 14.7 Å². The van der Waals surface area contributed by atoms with Crippen LogP contribution in [0.1, 0.15) is 67.3 Å². The molecule has 11 rings (SSSR count). The third-order valence-corrected chi connectivity index (χ3v) is 14.7. The second kappa shape index (κ2) is 12.8. The predicted molar refractivity (Wildman–Crippen MR) is 248 cm³/mol. The molecule has 1 fully saturated rings. The van der Waals surface area contributed by atoms with Gasteiger partial charge in [0.15, 0.2) is 0 Å². The molecule has 58 heavy (non-hydrogen) atoms. The van der Waals surface area contributed by atoms with Gasteiger partial charge in [0, 0.05) is 45.2 Å². The molecule has 3 nitrogen and oxygen atoms in total. The molecule has 0 N–H and O–H groups in total. The first kappa shape index (κ1) is 35.2. The number of anilines is 8. The van der Waals surface area contributed by atoms with Gasteiger partial charge in [-0.05, 0) is 139 Å². The first-order chi connectivity index (χ1) is 28.2. The predicted octanol–water partition coefficient (Wildman–Crippen LogP) is 12.4. The number of hydrogen-bond acceptors (Lipinski definition) is 3. The Morgan fingerprint density at radius 2 is 1.14 bits per heavy atom. The minimum atomic E-state index is -0.106. The zero-order valence-electron chi connectivity index (χ0n) is 34.6. The maximum atomic E-state index is 2.87. The van der Waals surface area contributed by atoms with Gasteiger partial charge in [0.25, 0.3) is 6.71 Å². The maximum Gasteiger partial charge on any atom is 0.252 e. The highest BCUT2D eigenvalue weighted by molar-refractivity contribution is 7.00. The van der Waals surface area contributed by atoms with Crippen LogP contribution in [0.3, 0.4) is 0 Å². The van der Waals surface area contributed by atoms with Crippen LogP contribution in [0, 0.1) is 27.7 Å². The summed E-state index contributed by atoms with van der Waals surface area (Å²) in [4.78, 5) is 8.03. The summed E-state index contributed by atoms with van der Waals surface area (Å²) >= 11 is 0. The van der Waals surface area contributed by atoms with E-state index in [1.54, 1.807) is 0 Å². The van der Waals surface area contributed by atoms with Gasteiger partial charge < -0.3 is 14.7 Å². The van der Waals surface area contributed by atoms with Gasteiger partial charge in [-0.25, -0.2) is 0 Å². The average molecular weight is 752 g/mol. The van der Waals surface area contributed by atoms with Gasteiger partial charge >= 0.3 is 0 Å². The fourth-order valence-electron chi connectivity index (χ4n) is 11.6. The third-order valence-electron chi connectivity index (χ3n) is 14.7. The Balaban J connectivity index is 1.31. The summed E-state index contributed by atoms with van der Waals surface area (Å²) in [5, 5.41) is 0. The summed E-state index contributed by atoms with van der Waals surface area (Å²) in [5.41, 5.74) is 23.5. The number of hydrogen-bond donors (Lipinski definition) is 0. The molecule has 284 valence electrons. The van der Waals surface area contributed by atoms with Gasteiger partial charge in [-0.15, -0.1) is 0 Å². The molecule has 0 radical (unpaired) electrons. The molecule has 7 aromatic carbocycles. The lowest BCUT2D eigenvalue weighted by Gasteiger charge is -2.53. The van der Waals surface area contributed by atoms with Crippen LogP contribution in [0.4, 0.5) is 45.5 Å². The lowest BCUT2D eigenvalue weighted by Crippen LogP contribution is -2.64. The smallest absolute Gasteiger partial charge is 0.252 e. The van der Waals surface area contributed by atoms with Crippen molar-refractivity contribution >= 4 is 68.6 Å². The number of fused-ring (bicyclic) bond motifs is 7. The first-order valence-electron chi connectivity index (χ1n) is 21.3. The molecule has 1 aliphatic carbocycles. The Labute approximate surface area is 344 Å². The molecule has 2 unspecified atom stereocenters. The molecule has 0 amide bonds.